The van der Waals surface area contributed by atoms with Gasteiger partial charge in [-0.05, 0) is 48.5 Å². The van der Waals surface area contributed by atoms with Crippen molar-refractivity contribution in [1.82, 2.24) is 15.1 Å². The van der Waals surface area contributed by atoms with E-state index >= 15 is 0 Å². The molecule has 0 bridgehead atoms. The van der Waals surface area contributed by atoms with Gasteiger partial charge in [0, 0.05) is 19.2 Å². The fraction of sp³-hybridized carbons (Fsp3) is 0.158. The van der Waals surface area contributed by atoms with Gasteiger partial charge in [0.15, 0.2) is 0 Å². The highest BCUT2D eigenvalue weighted by Gasteiger charge is 2.18. The monoisotopic (exact) mass is 407 g/mol. The molecule has 5 nitrogen and oxygen atoms in total. The van der Waals surface area contributed by atoms with Gasteiger partial charge >= 0.3 is 0 Å². The predicted molar refractivity (Wildman–Crippen MR) is 103 cm³/mol. The predicted octanol–water partition coefficient (Wildman–Crippen LogP) is 4.36. The van der Waals surface area contributed by atoms with Crippen molar-refractivity contribution in [2.45, 2.75) is 0 Å². The first-order valence-corrected chi connectivity index (χ1v) is 8.84. The summed E-state index contributed by atoms with van der Waals surface area (Å²) in [5.41, 5.74) is 2.09. The minimum Gasteiger partial charge on any atom is -0.383 e. The highest BCUT2D eigenvalue weighted by molar-refractivity contribution is 6.42. The van der Waals surface area contributed by atoms with Gasteiger partial charge in [0.05, 0.1) is 28.0 Å². The van der Waals surface area contributed by atoms with Crippen LogP contribution in [-0.4, -0.2) is 35.9 Å². The standard InChI is InChI=1S/C19H16Cl2FN3O2/c1-27-9-8-23-19(26)18-11-17(12-2-4-13(22)5-3-12)24-25(18)14-6-7-15(20)16(21)10-14/h2-7,10-11H,8-9H2,1H3,(H,23,26). The molecule has 0 radical (unpaired) electrons. The number of carbonyl (C=O) groups is 1. The molecule has 27 heavy (non-hydrogen) atoms. The van der Waals surface area contributed by atoms with Crippen LogP contribution in [0.25, 0.3) is 16.9 Å². The Hall–Kier alpha value is -2.41. The Morgan fingerprint density at radius 1 is 1.15 bits per heavy atom. The van der Waals surface area contributed by atoms with Crippen LogP contribution in [0.15, 0.2) is 48.5 Å². The van der Waals surface area contributed by atoms with Crippen molar-refractivity contribution < 1.29 is 13.9 Å². The zero-order valence-corrected chi connectivity index (χ0v) is 15.9. The first kappa shape index (κ1) is 19.4. The van der Waals surface area contributed by atoms with Gasteiger partial charge in [-0.1, -0.05) is 23.2 Å². The molecule has 0 unspecified atom stereocenters. The summed E-state index contributed by atoms with van der Waals surface area (Å²) in [6, 6.07) is 12.5. The van der Waals surface area contributed by atoms with Gasteiger partial charge in [-0.2, -0.15) is 5.10 Å². The molecule has 0 saturated carbocycles. The van der Waals surface area contributed by atoms with Crippen molar-refractivity contribution in [1.29, 1.82) is 0 Å². The molecule has 0 aliphatic rings. The average Bonchev–Trinajstić information content (AvgIpc) is 3.10. The Bertz CT molecular complexity index is 958. The molecule has 1 aromatic heterocycles. The van der Waals surface area contributed by atoms with Crippen molar-refractivity contribution in [2.24, 2.45) is 0 Å². The summed E-state index contributed by atoms with van der Waals surface area (Å²) in [7, 11) is 1.55. The number of nitrogens with one attached hydrogen (secondary N) is 1. The second-order valence-corrected chi connectivity index (χ2v) is 6.50. The smallest absolute Gasteiger partial charge is 0.270 e. The van der Waals surface area contributed by atoms with E-state index in [9.17, 15) is 9.18 Å². The van der Waals surface area contributed by atoms with Crippen molar-refractivity contribution in [3.8, 4) is 16.9 Å². The molecule has 0 aliphatic carbocycles. The van der Waals surface area contributed by atoms with E-state index in [0.717, 1.165) is 0 Å². The zero-order valence-electron chi connectivity index (χ0n) is 14.4. The van der Waals surface area contributed by atoms with E-state index < -0.39 is 0 Å². The van der Waals surface area contributed by atoms with Gasteiger partial charge in [0.1, 0.15) is 11.5 Å². The van der Waals surface area contributed by atoms with Gasteiger partial charge in [-0.25, -0.2) is 9.07 Å². The number of halogens is 3. The SMILES string of the molecule is COCCNC(=O)c1cc(-c2ccc(F)cc2)nn1-c1ccc(Cl)c(Cl)c1. The molecule has 3 aromatic rings. The number of nitrogens with zero attached hydrogens (tertiary/aromatic N) is 2. The normalized spacial score (nSPS) is 10.8. The number of hydrogen-bond donors (Lipinski definition) is 1. The molecule has 0 spiro atoms. The van der Waals surface area contributed by atoms with Crippen molar-refractivity contribution in [3.63, 3.8) is 0 Å². The number of amides is 1. The van der Waals surface area contributed by atoms with Crippen LogP contribution >= 0.6 is 23.2 Å². The summed E-state index contributed by atoms with van der Waals surface area (Å²) in [5, 5.41) is 8.01. The fourth-order valence-corrected chi connectivity index (χ4v) is 2.77. The summed E-state index contributed by atoms with van der Waals surface area (Å²) in [5.74, 6) is -0.667. The summed E-state index contributed by atoms with van der Waals surface area (Å²) in [6.45, 7) is 0.741. The minimum absolute atomic E-state index is 0.309. The molecule has 0 saturated heterocycles. The third kappa shape index (κ3) is 4.47. The second kappa shape index (κ2) is 8.52. The van der Waals surface area contributed by atoms with Crippen molar-refractivity contribution in [3.05, 3.63) is 70.1 Å². The highest BCUT2D eigenvalue weighted by Crippen LogP contribution is 2.27. The van der Waals surface area contributed by atoms with Gasteiger partial charge < -0.3 is 10.1 Å². The van der Waals surface area contributed by atoms with Gasteiger partial charge in [-0.3, -0.25) is 4.79 Å². The first-order valence-electron chi connectivity index (χ1n) is 8.08. The third-order valence-electron chi connectivity index (χ3n) is 3.82. The molecule has 1 amide bonds. The largest absolute Gasteiger partial charge is 0.383 e. The van der Waals surface area contributed by atoms with Crippen LogP contribution in [0.5, 0.6) is 0 Å². The molecular weight excluding hydrogens is 392 g/mol. The zero-order chi connectivity index (χ0) is 19.4. The molecule has 1 heterocycles. The topological polar surface area (TPSA) is 56.1 Å². The van der Waals surface area contributed by atoms with Crippen LogP contribution in [0.3, 0.4) is 0 Å². The van der Waals surface area contributed by atoms with Crippen LogP contribution in [-0.2, 0) is 4.74 Å². The van der Waals surface area contributed by atoms with Crippen LogP contribution < -0.4 is 5.32 Å². The maximum Gasteiger partial charge on any atom is 0.270 e. The van der Waals surface area contributed by atoms with Crippen molar-refractivity contribution >= 4 is 29.1 Å². The summed E-state index contributed by atoms with van der Waals surface area (Å²) >= 11 is 12.1. The van der Waals surface area contributed by atoms with E-state index in [2.05, 4.69) is 10.4 Å². The van der Waals surface area contributed by atoms with E-state index in [1.807, 2.05) is 0 Å². The second-order valence-electron chi connectivity index (χ2n) is 5.68. The van der Waals surface area contributed by atoms with Gasteiger partial charge in [0.2, 0.25) is 0 Å². The Balaban J connectivity index is 2.04. The fourth-order valence-electron chi connectivity index (χ4n) is 2.48. The van der Waals surface area contributed by atoms with E-state index in [4.69, 9.17) is 27.9 Å². The Morgan fingerprint density at radius 2 is 1.89 bits per heavy atom. The van der Waals surface area contributed by atoms with Crippen LogP contribution in [0.2, 0.25) is 10.0 Å². The number of aromatic nitrogens is 2. The number of benzene rings is 2. The van der Waals surface area contributed by atoms with Crippen molar-refractivity contribution in [2.75, 3.05) is 20.3 Å². The average molecular weight is 408 g/mol. The van der Waals surface area contributed by atoms with E-state index in [1.54, 1.807) is 43.5 Å². The van der Waals surface area contributed by atoms with Gasteiger partial charge in [-0.15, -0.1) is 0 Å². The molecule has 0 fully saturated rings. The number of rotatable bonds is 6. The quantitative estimate of drug-likeness (QED) is 0.617. The van der Waals surface area contributed by atoms with Crippen LogP contribution in [0.1, 0.15) is 10.5 Å². The van der Waals surface area contributed by atoms with Gasteiger partial charge in [0.25, 0.3) is 5.91 Å². The van der Waals surface area contributed by atoms with E-state index in [1.165, 1.54) is 16.8 Å². The Morgan fingerprint density at radius 3 is 2.56 bits per heavy atom. The van der Waals surface area contributed by atoms with Crippen LogP contribution in [0.4, 0.5) is 4.39 Å². The van der Waals surface area contributed by atoms with Crippen LogP contribution in [0, 0.1) is 5.82 Å². The minimum atomic E-state index is -0.347. The highest BCUT2D eigenvalue weighted by atomic mass is 35.5. The molecule has 8 heteroatoms. The molecular formula is C19H16Cl2FN3O2. The lowest BCUT2D eigenvalue weighted by molar-refractivity contribution is 0.0929. The molecule has 0 atom stereocenters. The molecule has 2 aromatic carbocycles. The number of methoxy groups -OCH3 is 1. The third-order valence-corrected chi connectivity index (χ3v) is 4.56. The lowest BCUT2D eigenvalue weighted by Gasteiger charge is -2.09. The molecule has 0 aliphatic heterocycles. The summed E-state index contributed by atoms with van der Waals surface area (Å²) in [4.78, 5) is 12.6. The van der Waals surface area contributed by atoms with E-state index in [0.29, 0.717) is 45.8 Å². The molecule has 3 rings (SSSR count). The Labute approximate surface area is 165 Å². The van der Waals surface area contributed by atoms with E-state index in [-0.39, 0.29) is 11.7 Å². The lowest BCUT2D eigenvalue weighted by atomic mass is 10.1. The summed E-state index contributed by atoms with van der Waals surface area (Å²) < 4.78 is 19.6. The first-order chi connectivity index (χ1) is 13.0. The maximum atomic E-state index is 13.2. The molecule has 140 valence electrons. The lowest BCUT2D eigenvalue weighted by Crippen LogP contribution is -2.28. The number of hydrogen-bond acceptors (Lipinski definition) is 3. The summed E-state index contributed by atoms with van der Waals surface area (Å²) in [6.07, 6.45) is 0. The number of ether oxygens (including phenoxy) is 1. The number of carbonyl (C=O) groups excluding carboxylic acids is 1. The molecule has 1 N–H and O–H groups in total. The maximum absolute atomic E-state index is 13.2. The Kier molecular flexibility index (Phi) is 6.11.